The zero-order valence-corrected chi connectivity index (χ0v) is 25.3. The predicted molar refractivity (Wildman–Crippen MR) is 159 cm³/mol. The Hall–Kier alpha value is -1.75. The number of carbonyl (C=O) groups is 1. The summed E-state index contributed by atoms with van der Waals surface area (Å²) in [7, 11) is 0. The van der Waals surface area contributed by atoms with Crippen molar-refractivity contribution in [2.75, 3.05) is 0 Å². The average molecular weight is 592 g/mol. The summed E-state index contributed by atoms with van der Waals surface area (Å²) in [5.74, 6) is 1.10. The molecule has 0 amide bonds. The smallest absolute Gasteiger partial charge is 0.169 e. The molecule has 2 aromatic carbocycles. The standard InChI is InChI=1S/C35H43BrO3/c1-24(37)34(21-25-7-5-4-6-8-25)18-16-31-29-14-11-27-22-35(38,39-23-26-9-12-28(36)13-10-26)20-19-32(27,2)30(29)15-17-33(31,34)3/h4-13,29-31,38H,14-23H2,1-3H3/t29-,30+,31+,32+,33+,34+,35?/m1/s1. The van der Waals surface area contributed by atoms with Crippen molar-refractivity contribution in [2.45, 2.75) is 91.0 Å². The molecule has 0 spiro atoms. The van der Waals surface area contributed by atoms with Gasteiger partial charge in [-0.15, -0.1) is 0 Å². The fraction of sp³-hybridized carbons (Fsp3) is 0.571. The minimum absolute atomic E-state index is 0.0424. The first-order valence-corrected chi connectivity index (χ1v) is 15.7. The van der Waals surface area contributed by atoms with Crippen LogP contribution in [0.4, 0.5) is 0 Å². The van der Waals surface area contributed by atoms with Crippen LogP contribution in [-0.2, 0) is 22.6 Å². The summed E-state index contributed by atoms with van der Waals surface area (Å²) >= 11 is 3.49. The summed E-state index contributed by atoms with van der Waals surface area (Å²) in [6, 6.07) is 18.8. The number of allylic oxidation sites excluding steroid dienone is 1. The van der Waals surface area contributed by atoms with Crippen molar-refractivity contribution >= 4 is 21.7 Å². The summed E-state index contributed by atoms with van der Waals surface area (Å²) < 4.78 is 7.23. The van der Waals surface area contributed by atoms with Crippen LogP contribution in [0.1, 0.15) is 83.3 Å². The molecule has 3 saturated carbocycles. The van der Waals surface area contributed by atoms with E-state index in [2.05, 4.69) is 66.2 Å². The molecule has 1 unspecified atom stereocenters. The molecule has 0 aromatic heterocycles. The van der Waals surface area contributed by atoms with E-state index in [-0.39, 0.29) is 16.2 Å². The number of aliphatic hydroxyl groups is 1. The van der Waals surface area contributed by atoms with Gasteiger partial charge in [-0.1, -0.05) is 83.9 Å². The number of hydrogen-bond acceptors (Lipinski definition) is 3. The molecule has 3 nitrogen and oxygen atoms in total. The van der Waals surface area contributed by atoms with Crippen molar-refractivity contribution in [3.05, 3.63) is 81.8 Å². The van der Waals surface area contributed by atoms with E-state index >= 15 is 0 Å². The lowest BCUT2D eigenvalue weighted by molar-refractivity contribution is -0.231. The molecule has 39 heavy (non-hydrogen) atoms. The van der Waals surface area contributed by atoms with Crippen molar-refractivity contribution in [2.24, 2.45) is 34.0 Å². The number of Topliss-reactive ketones (excluding diaryl/α,β-unsaturated/α-hetero) is 1. The fourth-order valence-corrected chi connectivity index (χ4v) is 9.88. The van der Waals surface area contributed by atoms with Gasteiger partial charge < -0.3 is 9.84 Å². The molecule has 1 N–H and O–H groups in total. The molecule has 4 aliphatic carbocycles. The van der Waals surface area contributed by atoms with Gasteiger partial charge in [0.1, 0.15) is 5.78 Å². The number of hydrogen-bond donors (Lipinski definition) is 1. The summed E-state index contributed by atoms with van der Waals surface area (Å²) in [6.07, 6.45) is 11.1. The SMILES string of the molecule is CC(=O)[C@@]1(Cc2ccccc2)CC[C@H]2[C@@H]3CC=C4CC(O)(OCc5ccc(Br)cc5)CC[C@]4(C)[C@H]3CC[C@@]21C. The Morgan fingerprint density at radius 3 is 2.38 bits per heavy atom. The number of rotatable bonds is 6. The third-order valence-electron chi connectivity index (χ3n) is 11.9. The minimum Gasteiger partial charge on any atom is -0.365 e. The van der Waals surface area contributed by atoms with Crippen LogP contribution in [0.5, 0.6) is 0 Å². The second kappa shape index (κ2) is 9.96. The Labute approximate surface area is 242 Å². The maximum atomic E-state index is 13.5. The second-order valence-electron chi connectivity index (χ2n) is 13.6. The first-order chi connectivity index (χ1) is 18.6. The number of carbonyl (C=O) groups excluding carboxylic acids is 1. The van der Waals surface area contributed by atoms with Crippen LogP contribution < -0.4 is 0 Å². The molecule has 6 rings (SSSR count). The highest BCUT2D eigenvalue weighted by Gasteiger charge is 2.65. The molecule has 208 valence electrons. The molecule has 0 heterocycles. The van der Waals surface area contributed by atoms with Gasteiger partial charge in [0.15, 0.2) is 5.79 Å². The van der Waals surface area contributed by atoms with E-state index in [4.69, 9.17) is 4.74 Å². The van der Waals surface area contributed by atoms with Gasteiger partial charge in [-0.05, 0) is 104 Å². The van der Waals surface area contributed by atoms with E-state index in [0.717, 1.165) is 48.6 Å². The highest BCUT2D eigenvalue weighted by atomic mass is 79.9. The molecule has 7 atom stereocenters. The minimum atomic E-state index is -1.10. The van der Waals surface area contributed by atoms with E-state index in [1.165, 1.54) is 17.6 Å². The topological polar surface area (TPSA) is 46.5 Å². The zero-order chi connectivity index (χ0) is 27.5. The third-order valence-corrected chi connectivity index (χ3v) is 12.5. The Morgan fingerprint density at radius 2 is 1.67 bits per heavy atom. The van der Waals surface area contributed by atoms with Gasteiger partial charge in [0.2, 0.25) is 0 Å². The summed E-state index contributed by atoms with van der Waals surface area (Å²) in [4.78, 5) is 13.5. The predicted octanol–water partition coefficient (Wildman–Crippen LogP) is 8.44. The summed E-state index contributed by atoms with van der Waals surface area (Å²) in [5.41, 5.74) is 3.66. The van der Waals surface area contributed by atoms with Crippen LogP contribution in [0.15, 0.2) is 70.7 Å². The number of ether oxygens (including phenoxy) is 1. The van der Waals surface area contributed by atoms with Crippen LogP contribution in [0.2, 0.25) is 0 Å². The Bertz CT molecular complexity index is 1250. The lowest BCUT2D eigenvalue weighted by Crippen LogP contribution is -2.55. The number of benzene rings is 2. The van der Waals surface area contributed by atoms with Crippen molar-refractivity contribution in [1.29, 1.82) is 0 Å². The lowest BCUT2D eigenvalue weighted by atomic mass is 9.44. The van der Waals surface area contributed by atoms with E-state index in [1.54, 1.807) is 0 Å². The highest BCUT2D eigenvalue weighted by Crippen LogP contribution is 2.70. The molecular formula is C35H43BrO3. The van der Waals surface area contributed by atoms with E-state index < -0.39 is 5.79 Å². The summed E-state index contributed by atoms with van der Waals surface area (Å²) in [5, 5.41) is 11.5. The highest BCUT2D eigenvalue weighted by molar-refractivity contribution is 9.10. The molecule has 2 aromatic rings. The molecular weight excluding hydrogens is 548 g/mol. The van der Waals surface area contributed by atoms with Crippen LogP contribution >= 0.6 is 15.9 Å². The van der Waals surface area contributed by atoms with Gasteiger partial charge in [0.05, 0.1) is 6.61 Å². The molecule has 0 radical (unpaired) electrons. The summed E-state index contributed by atoms with van der Waals surface area (Å²) in [6.45, 7) is 7.21. The number of ketones is 1. The van der Waals surface area contributed by atoms with Crippen molar-refractivity contribution < 1.29 is 14.6 Å². The first-order valence-electron chi connectivity index (χ1n) is 14.9. The second-order valence-corrected chi connectivity index (χ2v) is 14.5. The Morgan fingerprint density at radius 1 is 0.949 bits per heavy atom. The molecule has 4 aliphatic rings. The fourth-order valence-electron chi connectivity index (χ4n) is 9.61. The van der Waals surface area contributed by atoms with E-state index in [1.807, 2.05) is 31.2 Å². The third kappa shape index (κ3) is 4.50. The van der Waals surface area contributed by atoms with Crippen molar-refractivity contribution in [3.63, 3.8) is 0 Å². The van der Waals surface area contributed by atoms with Gasteiger partial charge in [-0.2, -0.15) is 0 Å². The Balaban J connectivity index is 1.22. The van der Waals surface area contributed by atoms with Gasteiger partial charge in [0.25, 0.3) is 0 Å². The normalized spacial score (nSPS) is 39.3. The number of halogens is 1. The molecule has 0 aliphatic heterocycles. The van der Waals surface area contributed by atoms with Gasteiger partial charge in [-0.25, -0.2) is 0 Å². The van der Waals surface area contributed by atoms with Crippen molar-refractivity contribution in [3.8, 4) is 0 Å². The first kappa shape index (κ1) is 27.4. The van der Waals surface area contributed by atoms with E-state index in [9.17, 15) is 9.90 Å². The quantitative estimate of drug-likeness (QED) is 0.271. The maximum absolute atomic E-state index is 13.5. The zero-order valence-electron chi connectivity index (χ0n) is 23.7. The van der Waals surface area contributed by atoms with Gasteiger partial charge >= 0.3 is 0 Å². The molecule has 0 saturated heterocycles. The molecule has 4 heteroatoms. The molecule has 0 bridgehead atoms. The van der Waals surface area contributed by atoms with Crippen LogP contribution in [-0.4, -0.2) is 16.7 Å². The maximum Gasteiger partial charge on any atom is 0.169 e. The molecule has 3 fully saturated rings. The van der Waals surface area contributed by atoms with Gasteiger partial charge in [0, 0.05) is 22.7 Å². The van der Waals surface area contributed by atoms with Crippen LogP contribution in [0, 0.1) is 34.0 Å². The van der Waals surface area contributed by atoms with Gasteiger partial charge in [-0.3, -0.25) is 4.79 Å². The van der Waals surface area contributed by atoms with Crippen molar-refractivity contribution in [1.82, 2.24) is 0 Å². The van der Waals surface area contributed by atoms with Crippen LogP contribution in [0.3, 0.4) is 0 Å². The monoisotopic (exact) mass is 590 g/mol. The lowest BCUT2D eigenvalue weighted by Gasteiger charge is -2.60. The number of fused-ring (bicyclic) bond motifs is 5. The Kier molecular flexibility index (Phi) is 7.00. The van der Waals surface area contributed by atoms with Crippen LogP contribution in [0.25, 0.3) is 0 Å². The van der Waals surface area contributed by atoms with E-state index in [0.29, 0.717) is 43.0 Å². The average Bonchev–Trinajstić information content (AvgIpc) is 3.23. The largest absolute Gasteiger partial charge is 0.365 e.